The van der Waals surface area contributed by atoms with Crippen LogP contribution < -0.4 is 15.9 Å². The number of hydrogen-bond acceptors (Lipinski definition) is 9. The molecule has 1 amide bonds. The van der Waals surface area contributed by atoms with Gasteiger partial charge in [0.25, 0.3) is 5.56 Å². The van der Waals surface area contributed by atoms with Crippen molar-refractivity contribution in [2.24, 2.45) is 0 Å². The third-order valence-corrected chi connectivity index (χ3v) is 7.18. The molecule has 0 saturated carbocycles. The molecule has 1 atom stereocenters. The molecule has 4 aromatic rings. The van der Waals surface area contributed by atoms with E-state index in [9.17, 15) is 14.7 Å². The Morgan fingerprint density at radius 3 is 2.72 bits per heavy atom. The monoisotopic (exact) mass is 466 g/mol. The summed E-state index contributed by atoms with van der Waals surface area (Å²) in [5, 5.41) is 19.4. The van der Waals surface area contributed by atoms with Crippen LogP contribution in [0.2, 0.25) is 0 Å². The van der Waals surface area contributed by atoms with Crippen molar-refractivity contribution < 1.29 is 9.90 Å². The fourth-order valence-electron chi connectivity index (χ4n) is 3.51. The summed E-state index contributed by atoms with van der Waals surface area (Å²) in [6.45, 7) is 2.02. The first-order valence-electron chi connectivity index (χ1n) is 9.78. The van der Waals surface area contributed by atoms with Crippen LogP contribution in [0.25, 0.3) is 10.9 Å². The van der Waals surface area contributed by atoms with Crippen molar-refractivity contribution in [3.05, 3.63) is 75.3 Å². The van der Waals surface area contributed by atoms with Gasteiger partial charge in [-0.25, -0.2) is 9.66 Å². The molecule has 9 nitrogen and oxygen atoms in total. The molecule has 5 rings (SSSR count). The van der Waals surface area contributed by atoms with Gasteiger partial charge in [0.1, 0.15) is 22.0 Å². The van der Waals surface area contributed by atoms with Gasteiger partial charge < -0.3 is 10.5 Å². The zero-order valence-corrected chi connectivity index (χ0v) is 18.6. The minimum absolute atomic E-state index is 0.0467. The maximum atomic E-state index is 12.8. The number of nitrogens with one attached hydrogen (secondary N) is 1. The lowest BCUT2D eigenvalue weighted by Crippen LogP contribution is -2.31. The first kappa shape index (κ1) is 20.5. The highest BCUT2D eigenvalue weighted by Crippen LogP contribution is 2.42. The van der Waals surface area contributed by atoms with Crippen LogP contribution in [0.15, 0.2) is 53.3 Å². The van der Waals surface area contributed by atoms with Crippen molar-refractivity contribution in [1.29, 1.82) is 0 Å². The number of phenols is 1. The highest BCUT2D eigenvalue weighted by atomic mass is 32.2. The number of amides is 1. The van der Waals surface area contributed by atoms with Gasteiger partial charge in [0.05, 0.1) is 23.2 Å². The van der Waals surface area contributed by atoms with Gasteiger partial charge in [-0.05, 0) is 36.8 Å². The summed E-state index contributed by atoms with van der Waals surface area (Å²) in [5.74, 6) is 1.01. The molecule has 0 spiro atoms. The number of para-hydroxylation sites is 1. The van der Waals surface area contributed by atoms with Crippen molar-refractivity contribution in [2.45, 2.75) is 18.8 Å². The Balaban J connectivity index is 1.37. The van der Waals surface area contributed by atoms with E-state index in [2.05, 4.69) is 20.6 Å². The molecule has 2 aromatic heterocycles. The van der Waals surface area contributed by atoms with E-state index < -0.39 is 0 Å². The zero-order valence-electron chi connectivity index (χ0n) is 16.9. The number of carbonyl (C=O) groups excluding carboxylic acids is 1. The fourth-order valence-corrected chi connectivity index (χ4v) is 5.55. The number of aromatic hydroxyl groups is 1. The van der Waals surface area contributed by atoms with Gasteiger partial charge in [-0.2, -0.15) is 0 Å². The van der Waals surface area contributed by atoms with E-state index in [0.717, 1.165) is 5.56 Å². The summed E-state index contributed by atoms with van der Waals surface area (Å²) < 4.78 is 1.40. The number of hydrogen-bond donors (Lipinski definition) is 2. The molecule has 1 aliphatic heterocycles. The Morgan fingerprint density at radius 1 is 1.12 bits per heavy atom. The minimum Gasteiger partial charge on any atom is -0.508 e. The molecule has 11 heteroatoms. The molecule has 162 valence electrons. The van der Waals surface area contributed by atoms with Gasteiger partial charge in [-0.3, -0.25) is 14.5 Å². The number of fused-ring (bicyclic) bond motifs is 1. The molecule has 1 aliphatic rings. The first-order valence-corrected chi connectivity index (χ1v) is 11.6. The second-order valence-corrected chi connectivity index (χ2v) is 9.26. The Hall–Kier alpha value is -3.44. The van der Waals surface area contributed by atoms with E-state index in [-0.39, 0.29) is 29.1 Å². The predicted octanol–water partition coefficient (Wildman–Crippen LogP) is 2.78. The van der Waals surface area contributed by atoms with Gasteiger partial charge in [0.15, 0.2) is 0 Å². The fraction of sp³-hybridized carbons (Fsp3) is 0.190. The van der Waals surface area contributed by atoms with Crippen molar-refractivity contribution >= 4 is 45.0 Å². The number of aromatic nitrogens is 4. The van der Waals surface area contributed by atoms with E-state index in [0.29, 0.717) is 32.6 Å². The smallest absolute Gasteiger partial charge is 0.279 e. The molecule has 2 N–H and O–H groups in total. The molecular weight excluding hydrogens is 448 g/mol. The zero-order chi connectivity index (χ0) is 22.2. The van der Waals surface area contributed by atoms with Crippen molar-refractivity contribution in [3.8, 4) is 5.75 Å². The van der Waals surface area contributed by atoms with E-state index in [1.807, 2.05) is 6.07 Å². The quantitative estimate of drug-likeness (QED) is 0.462. The van der Waals surface area contributed by atoms with E-state index >= 15 is 0 Å². The number of carbonyl (C=O) groups is 1. The molecule has 1 fully saturated rings. The van der Waals surface area contributed by atoms with Gasteiger partial charge in [0, 0.05) is 0 Å². The van der Waals surface area contributed by atoms with Crippen molar-refractivity contribution in [3.63, 3.8) is 0 Å². The largest absolute Gasteiger partial charge is 0.508 e. The molecule has 0 radical (unpaired) electrons. The lowest BCUT2D eigenvalue weighted by molar-refractivity contribution is -0.115. The molecule has 0 bridgehead atoms. The number of aryl methyl sites for hydroxylation is 1. The van der Waals surface area contributed by atoms with E-state index in [1.54, 1.807) is 54.3 Å². The highest BCUT2D eigenvalue weighted by molar-refractivity contribution is 8.00. The van der Waals surface area contributed by atoms with Gasteiger partial charge in [-0.15, -0.1) is 22.0 Å². The summed E-state index contributed by atoms with van der Waals surface area (Å²) in [6, 6.07) is 14.0. The van der Waals surface area contributed by atoms with Gasteiger partial charge in [0.2, 0.25) is 11.0 Å². The molecular formula is C21H18N6O3S2. The maximum Gasteiger partial charge on any atom is 0.279 e. The second kappa shape index (κ2) is 8.24. The maximum absolute atomic E-state index is 12.8. The second-order valence-electron chi connectivity index (χ2n) is 7.15. The molecule has 32 heavy (non-hydrogen) atoms. The topological polar surface area (TPSA) is 113 Å². The van der Waals surface area contributed by atoms with Crippen LogP contribution in [0.1, 0.15) is 21.8 Å². The summed E-state index contributed by atoms with van der Waals surface area (Å²) in [4.78, 5) is 31.5. The van der Waals surface area contributed by atoms with E-state index in [1.165, 1.54) is 27.8 Å². The van der Waals surface area contributed by atoms with Crippen LogP contribution in [-0.4, -0.2) is 36.6 Å². The Bertz CT molecular complexity index is 1370. The third kappa shape index (κ3) is 3.69. The SMILES string of the molecule is Cc1nc2ccccc2c(=O)n1NCc1nnc(N2C(=O)CSC2c2ccc(O)cc2)s1. The molecule has 2 aromatic carbocycles. The van der Waals surface area contributed by atoms with Crippen molar-refractivity contribution in [2.75, 3.05) is 16.1 Å². The Labute approximate surface area is 190 Å². The summed E-state index contributed by atoms with van der Waals surface area (Å²) in [5.41, 5.74) is 4.43. The average Bonchev–Trinajstić information content (AvgIpc) is 3.40. The van der Waals surface area contributed by atoms with Gasteiger partial charge in [-0.1, -0.05) is 35.6 Å². The number of nitrogens with zero attached hydrogens (tertiary/aromatic N) is 5. The lowest BCUT2D eigenvalue weighted by atomic mass is 10.2. The average molecular weight is 467 g/mol. The molecule has 0 aliphatic carbocycles. The van der Waals surface area contributed by atoms with Crippen molar-refractivity contribution in [1.82, 2.24) is 19.9 Å². The molecule has 1 saturated heterocycles. The molecule has 3 heterocycles. The Kier molecular flexibility index (Phi) is 5.27. The van der Waals surface area contributed by atoms with E-state index in [4.69, 9.17) is 0 Å². The number of phenolic OH excluding ortho intramolecular Hbond substituents is 1. The normalized spacial score (nSPS) is 16.1. The third-order valence-electron chi connectivity index (χ3n) is 5.04. The van der Waals surface area contributed by atoms with Crippen LogP contribution in [0, 0.1) is 6.92 Å². The van der Waals surface area contributed by atoms with Crippen LogP contribution in [0.5, 0.6) is 5.75 Å². The van der Waals surface area contributed by atoms with Crippen LogP contribution in [-0.2, 0) is 11.3 Å². The molecule has 1 unspecified atom stereocenters. The Morgan fingerprint density at radius 2 is 1.91 bits per heavy atom. The number of benzene rings is 2. The van der Waals surface area contributed by atoms with Gasteiger partial charge >= 0.3 is 0 Å². The number of rotatable bonds is 5. The standard InChI is InChI=1S/C21H18N6O3S2/c1-12-23-16-5-3-2-4-15(16)19(30)27(12)22-10-17-24-25-21(32-17)26-18(29)11-31-20(26)13-6-8-14(28)9-7-13/h2-9,20,22,28H,10-11H2,1H3. The predicted molar refractivity (Wildman–Crippen MR) is 125 cm³/mol. The summed E-state index contributed by atoms with van der Waals surface area (Å²) >= 11 is 2.79. The lowest BCUT2D eigenvalue weighted by Gasteiger charge is -2.20. The van der Waals surface area contributed by atoms with Crippen LogP contribution >= 0.6 is 23.1 Å². The summed E-state index contributed by atoms with van der Waals surface area (Å²) in [7, 11) is 0. The summed E-state index contributed by atoms with van der Waals surface area (Å²) in [6.07, 6.45) is 0. The van der Waals surface area contributed by atoms with Crippen LogP contribution in [0.4, 0.5) is 5.13 Å². The first-order chi connectivity index (χ1) is 15.5. The minimum atomic E-state index is -0.230. The number of thioether (sulfide) groups is 1. The van der Waals surface area contributed by atoms with Crippen LogP contribution in [0.3, 0.4) is 0 Å². The number of anilines is 1. The highest BCUT2D eigenvalue weighted by Gasteiger charge is 2.36.